The first-order valence-corrected chi connectivity index (χ1v) is 6.09. The third-order valence-corrected chi connectivity index (χ3v) is 3.02. The van der Waals surface area contributed by atoms with E-state index in [2.05, 4.69) is 0 Å². The van der Waals surface area contributed by atoms with E-state index in [9.17, 15) is 17.6 Å². The first-order chi connectivity index (χ1) is 9.45. The summed E-state index contributed by atoms with van der Waals surface area (Å²) in [5.74, 6) is -0.644. The highest BCUT2D eigenvalue weighted by atomic mass is 19.4. The molecule has 0 spiro atoms. The Balaban J connectivity index is 2.61. The van der Waals surface area contributed by atoms with Gasteiger partial charge in [-0.3, -0.25) is 0 Å². The van der Waals surface area contributed by atoms with Gasteiger partial charge in [0.15, 0.2) is 0 Å². The van der Waals surface area contributed by atoms with Crippen LogP contribution in [0.4, 0.5) is 17.6 Å². The van der Waals surface area contributed by atoms with Crippen LogP contribution in [0.3, 0.4) is 0 Å². The summed E-state index contributed by atoms with van der Waals surface area (Å²) < 4.78 is 53.2. The van der Waals surface area contributed by atoms with Crippen LogP contribution < -0.4 is 5.73 Å². The summed E-state index contributed by atoms with van der Waals surface area (Å²) >= 11 is 0. The summed E-state index contributed by atoms with van der Waals surface area (Å²) in [6.45, 7) is 0.237. The minimum absolute atomic E-state index is 0.0520. The van der Waals surface area contributed by atoms with Crippen LogP contribution in [0.2, 0.25) is 0 Å². The SMILES string of the molecule is NCCc1cccc(-c2ccccc2C(F)(F)F)c1F. The summed E-state index contributed by atoms with van der Waals surface area (Å²) in [6.07, 6.45) is -4.24. The first-order valence-electron chi connectivity index (χ1n) is 6.09. The van der Waals surface area contributed by atoms with Crippen molar-refractivity contribution in [3.63, 3.8) is 0 Å². The lowest BCUT2D eigenvalue weighted by Crippen LogP contribution is -2.09. The molecule has 2 N–H and O–H groups in total. The normalized spacial score (nSPS) is 11.7. The highest BCUT2D eigenvalue weighted by Crippen LogP contribution is 2.38. The van der Waals surface area contributed by atoms with Crippen LogP contribution in [0.1, 0.15) is 11.1 Å². The third-order valence-electron chi connectivity index (χ3n) is 3.02. The molecule has 0 amide bonds. The van der Waals surface area contributed by atoms with E-state index in [-0.39, 0.29) is 24.1 Å². The van der Waals surface area contributed by atoms with Crippen molar-refractivity contribution in [2.24, 2.45) is 5.73 Å². The van der Waals surface area contributed by atoms with Gasteiger partial charge >= 0.3 is 6.18 Å². The van der Waals surface area contributed by atoms with E-state index in [1.54, 1.807) is 0 Å². The predicted molar refractivity (Wildman–Crippen MR) is 69.6 cm³/mol. The Morgan fingerprint density at radius 2 is 1.55 bits per heavy atom. The van der Waals surface area contributed by atoms with Gasteiger partial charge in [0.05, 0.1) is 5.56 Å². The Morgan fingerprint density at radius 3 is 2.20 bits per heavy atom. The van der Waals surface area contributed by atoms with Crippen molar-refractivity contribution in [3.05, 3.63) is 59.4 Å². The van der Waals surface area contributed by atoms with Gasteiger partial charge in [-0.05, 0) is 30.2 Å². The molecule has 0 aliphatic rings. The molecule has 0 unspecified atom stereocenters. The van der Waals surface area contributed by atoms with Crippen LogP contribution in [-0.4, -0.2) is 6.54 Å². The second-order valence-corrected chi connectivity index (χ2v) is 4.36. The number of alkyl halides is 3. The van der Waals surface area contributed by atoms with Gasteiger partial charge in [0.2, 0.25) is 0 Å². The lowest BCUT2D eigenvalue weighted by atomic mass is 9.96. The average Bonchev–Trinajstić information content (AvgIpc) is 2.40. The summed E-state index contributed by atoms with van der Waals surface area (Å²) in [6, 6.07) is 9.38. The number of rotatable bonds is 3. The summed E-state index contributed by atoms with van der Waals surface area (Å²) in [5.41, 5.74) is 4.64. The van der Waals surface area contributed by atoms with Crippen molar-refractivity contribution in [3.8, 4) is 11.1 Å². The lowest BCUT2D eigenvalue weighted by Gasteiger charge is -2.14. The summed E-state index contributed by atoms with van der Waals surface area (Å²) in [5, 5.41) is 0. The molecule has 0 atom stereocenters. The maximum absolute atomic E-state index is 14.3. The molecule has 1 nitrogen and oxygen atoms in total. The highest BCUT2D eigenvalue weighted by Gasteiger charge is 2.33. The standard InChI is InChI=1S/C15H13F4N/c16-14-10(8-9-20)4-3-6-12(14)11-5-1-2-7-13(11)15(17,18)19/h1-7H,8-9,20H2. The monoisotopic (exact) mass is 283 g/mol. The molecule has 0 fully saturated rings. The quantitative estimate of drug-likeness (QED) is 0.846. The van der Waals surface area contributed by atoms with Crippen LogP contribution in [0.15, 0.2) is 42.5 Å². The topological polar surface area (TPSA) is 26.0 Å². The molecule has 0 aliphatic heterocycles. The second-order valence-electron chi connectivity index (χ2n) is 4.36. The molecule has 0 aliphatic carbocycles. The first kappa shape index (κ1) is 14.5. The van der Waals surface area contributed by atoms with Gasteiger partial charge in [0, 0.05) is 5.56 Å². The van der Waals surface area contributed by atoms with Crippen molar-refractivity contribution in [1.82, 2.24) is 0 Å². The minimum atomic E-state index is -4.52. The largest absolute Gasteiger partial charge is 0.417 e. The minimum Gasteiger partial charge on any atom is -0.330 e. The molecule has 5 heteroatoms. The Bertz CT molecular complexity index is 605. The Labute approximate surface area is 114 Å². The number of hydrogen-bond acceptors (Lipinski definition) is 1. The fourth-order valence-electron chi connectivity index (χ4n) is 2.10. The van der Waals surface area contributed by atoms with Crippen molar-refractivity contribution >= 4 is 0 Å². The Morgan fingerprint density at radius 1 is 0.900 bits per heavy atom. The van der Waals surface area contributed by atoms with E-state index in [0.717, 1.165) is 6.07 Å². The molecule has 0 heterocycles. The van der Waals surface area contributed by atoms with Crippen LogP contribution in [0.5, 0.6) is 0 Å². The maximum Gasteiger partial charge on any atom is 0.417 e. The molecule has 20 heavy (non-hydrogen) atoms. The van der Waals surface area contributed by atoms with E-state index < -0.39 is 17.6 Å². The van der Waals surface area contributed by atoms with Crippen molar-refractivity contribution in [2.45, 2.75) is 12.6 Å². The zero-order valence-corrected chi connectivity index (χ0v) is 10.5. The average molecular weight is 283 g/mol. The molecule has 2 aromatic carbocycles. The van der Waals surface area contributed by atoms with E-state index in [1.807, 2.05) is 0 Å². The van der Waals surface area contributed by atoms with Gasteiger partial charge in [-0.25, -0.2) is 4.39 Å². The van der Waals surface area contributed by atoms with Gasteiger partial charge in [-0.1, -0.05) is 36.4 Å². The molecule has 0 saturated carbocycles. The van der Waals surface area contributed by atoms with Gasteiger partial charge in [0.1, 0.15) is 5.82 Å². The van der Waals surface area contributed by atoms with Gasteiger partial charge < -0.3 is 5.73 Å². The van der Waals surface area contributed by atoms with E-state index in [4.69, 9.17) is 5.73 Å². The molecular formula is C15H13F4N. The molecule has 0 radical (unpaired) electrons. The number of benzene rings is 2. The zero-order chi connectivity index (χ0) is 14.8. The molecule has 0 bridgehead atoms. The van der Waals surface area contributed by atoms with Crippen molar-refractivity contribution < 1.29 is 17.6 Å². The Hall–Kier alpha value is -1.88. The number of halogens is 4. The summed E-state index contributed by atoms with van der Waals surface area (Å²) in [7, 11) is 0. The molecule has 2 aromatic rings. The number of nitrogens with two attached hydrogens (primary N) is 1. The zero-order valence-electron chi connectivity index (χ0n) is 10.5. The molecule has 106 valence electrons. The van der Waals surface area contributed by atoms with Crippen LogP contribution in [0.25, 0.3) is 11.1 Å². The van der Waals surface area contributed by atoms with E-state index in [1.165, 1.54) is 36.4 Å². The van der Waals surface area contributed by atoms with Gasteiger partial charge in [-0.2, -0.15) is 13.2 Å². The fourth-order valence-corrected chi connectivity index (χ4v) is 2.10. The van der Waals surface area contributed by atoms with E-state index >= 15 is 0 Å². The van der Waals surface area contributed by atoms with E-state index in [0.29, 0.717) is 5.56 Å². The van der Waals surface area contributed by atoms with Crippen LogP contribution in [0, 0.1) is 5.82 Å². The summed E-state index contributed by atoms with van der Waals surface area (Å²) in [4.78, 5) is 0. The van der Waals surface area contributed by atoms with Gasteiger partial charge in [-0.15, -0.1) is 0 Å². The second kappa shape index (κ2) is 5.63. The Kier molecular flexibility index (Phi) is 4.09. The maximum atomic E-state index is 14.3. The molecular weight excluding hydrogens is 270 g/mol. The lowest BCUT2D eigenvalue weighted by molar-refractivity contribution is -0.137. The molecule has 0 saturated heterocycles. The van der Waals surface area contributed by atoms with Crippen LogP contribution >= 0.6 is 0 Å². The highest BCUT2D eigenvalue weighted by molar-refractivity contribution is 5.69. The van der Waals surface area contributed by atoms with Crippen molar-refractivity contribution in [2.75, 3.05) is 6.54 Å². The molecule has 0 aromatic heterocycles. The third kappa shape index (κ3) is 2.82. The van der Waals surface area contributed by atoms with Crippen molar-refractivity contribution in [1.29, 1.82) is 0 Å². The van der Waals surface area contributed by atoms with Gasteiger partial charge in [0.25, 0.3) is 0 Å². The molecule has 2 rings (SSSR count). The fraction of sp³-hybridized carbons (Fsp3) is 0.200. The smallest absolute Gasteiger partial charge is 0.330 e. The predicted octanol–water partition coefficient (Wildman–Crippen LogP) is 4.01. The van der Waals surface area contributed by atoms with Crippen LogP contribution in [-0.2, 0) is 12.6 Å². The number of hydrogen-bond donors (Lipinski definition) is 1.